The first-order valence-electron chi connectivity index (χ1n) is 8.25. The van der Waals surface area contributed by atoms with Gasteiger partial charge in [-0.25, -0.2) is 0 Å². The second kappa shape index (κ2) is 7.79. The fourth-order valence-electron chi connectivity index (χ4n) is 3.09. The zero-order chi connectivity index (χ0) is 16.1. The Hall–Kier alpha value is -1.33. The summed E-state index contributed by atoms with van der Waals surface area (Å²) in [4.78, 5) is 14.3. The third kappa shape index (κ3) is 4.34. The zero-order valence-corrected chi connectivity index (χ0v) is 14.2. The molecule has 0 unspecified atom stereocenters. The predicted octanol–water partition coefficient (Wildman–Crippen LogP) is 2.03. The highest BCUT2D eigenvalue weighted by molar-refractivity contribution is 5.92. The highest BCUT2D eigenvalue weighted by atomic mass is 16.3. The van der Waals surface area contributed by atoms with E-state index >= 15 is 0 Å². The van der Waals surface area contributed by atoms with Crippen LogP contribution in [0.2, 0.25) is 0 Å². The summed E-state index contributed by atoms with van der Waals surface area (Å²) < 4.78 is 5.18. The number of amides is 1. The molecule has 0 bridgehead atoms. The van der Waals surface area contributed by atoms with Crippen molar-refractivity contribution in [1.29, 1.82) is 0 Å². The maximum absolute atomic E-state index is 11.9. The topological polar surface area (TPSA) is 57.5 Å². The van der Waals surface area contributed by atoms with E-state index in [0.29, 0.717) is 30.3 Å². The second-order valence-electron chi connectivity index (χ2n) is 6.60. The van der Waals surface area contributed by atoms with Crippen LogP contribution < -0.4 is 10.6 Å². The van der Waals surface area contributed by atoms with Gasteiger partial charge in [-0.2, -0.15) is 0 Å². The number of likely N-dealkylation sites (tertiary alicyclic amines) is 1. The van der Waals surface area contributed by atoms with Crippen LogP contribution in [-0.4, -0.2) is 49.6 Å². The van der Waals surface area contributed by atoms with E-state index in [0.717, 1.165) is 25.1 Å². The molecule has 1 aliphatic rings. The Morgan fingerprint density at radius 3 is 2.86 bits per heavy atom. The van der Waals surface area contributed by atoms with Gasteiger partial charge in [0, 0.05) is 30.7 Å². The summed E-state index contributed by atoms with van der Waals surface area (Å²) >= 11 is 0. The number of rotatable bonds is 6. The van der Waals surface area contributed by atoms with Crippen LogP contribution >= 0.6 is 0 Å². The smallest absolute Gasteiger partial charge is 0.287 e. The van der Waals surface area contributed by atoms with Crippen LogP contribution in [0.25, 0.3) is 0 Å². The molecule has 0 radical (unpaired) electrons. The van der Waals surface area contributed by atoms with E-state index in [9.17, 15) is 4.79 Å². The molecule has 2 heterocycles. The van der Waals surface area contributed by atoms with E-state index in [1.165, 1.54) is 6.42 Å². The van der Waals surface area contributed by atoms with Crippen LogP contribution in [0.4, 0.5) is 0 Å². The highest BCUT2D eigenvalue weighted by Crippen LogP contribution is 2.20. The summed E-state index contributed by atoms with van der Waals surface area (Å²) in [7, 11) is 2.20. The molecule has 0 spiro atoms. The summed E-state index contributed by atoms with van der Waals surface area (Å²) in [6.07, 6.45) is 3.67. The third-order valence-electron chi connectivity index (χ3n) is 4.72. The van der Waals surface area contributed by atoms with E-state index in [1.807, 2.05) is 6.92 Å². The number of hydrogen-bond acceptors (Lipinski definition) is 4. The second-order valence-corrected chi connectivity index (χ2v) is 6.60. The Labute approximate surface area is 133 Å². The van der Waals surface area contributed by atoms with Gasteiger partial charge in [-0.05, 0) is 52.3 Å². The fourth-order valence-corrected chi connectivity index (χ4v) is 3.09. The molecule has 1 aromatic heterocycles. The maximum Gasteiger partial charge on any atom is 0.287 e. The number of furan rings is 1. The molecule has 0 aromatic carbocycles. The lowest BCUT2D eigenvalue weighted by atomic mass is 9.90. The molecule has 124 valence electrons. The first-order chi connectivity index (χ1) is 10.5. The Kier molecular flexibility index (Phi) is 6.03. The molecule has 1 aromatic rings. The molecular weight excluding hydrogens is 278 g/mol. The normalized spacial score (nSPS) is 26.1. The van der Waals surface area contributed by atoms with E-state index in [1.54, 1.807) is 12.3 Å². The van der Waals surface area contributed by atoms with Gasteiger partial charge in [-0.1, -0.05) is 6.92 Å². The number of hydrogen-bond donors (Lipinski definition) is 2. The lowest BCUT2D eigenvalue weighted by Crippen LogP contribution is -2.51. The van der Waals surface area contributed by atoms with Crippen molar-refractivity contribution in [2.45, 2.75) is 45.7 Å². The number of piperidine rings is 1. The Morgan fingerprint density at radius 1 is 1.41 bits per heavy atom. The summed E-state index contributed by atoms with van der Waals surface area (Å²) in [5.74, 6) is 0.969. The summed E-state index contributed by atoms with van der Waals surface area (Å²) in [5.41, 5.74) is 0.879. The van der Waals surface area contributed by atoms with Crippen molar-refractivity contribution in [2.75, 3.05) is 26.7 Å². The SMILES string of the molecule is Cc1ccoc1C(=O)NCCCN[C@@H]1C[C@H](C)N(C)C[C@H]1C. The van der Waals surface area contributed by atoms with E-state index in [-0.39, 0.29) is 5.91 Å². The number of nitrogens with one attached hydrogen (secondary N) is 2. The van der Waals surface area contributed by atoms with Gasteiger partial charge in [-0.15, -0.1) is 0 Å². The van der Waals surface area contributed by atoms with Crippen molar-refractivity contribution in [3.63, 3.8) is 0 Å². The van der Waals surface area contributed by atoms with Crippen molar-refractivity contribution in [1.82, 2.24) is 15.5 Å². The quantitative estimate of drug-likeness (QED) is 0.790. The first kappa shape index (κ1) is 17.0. The number of carbonyl (C=O) groups excluding carboxylic acids is 1. The van der Waals surface area contributed by atoms with Gasteiger partial charge in [0.2, 0.25) is 0 Å². The molecule has 1 fully saturated rings. The monoisotopic (exact) mass is 307 g/mol. The molecule has 5 heteroatoms. The van der Waals surface area contributed by atoms with Crippen molar-refractivity contribution in [2.24, 2.45) is 5.92 Å². The molecule has 0 saturated carbocycles. The van der Waals surface area contributed by atoms with Crippen LogP contribution in [0, 0.1) is 12.8 Å². The molecule has 2 rings (SSSR count). The van der Waals surface area contributed by atoms with Crippen molar-refractivity contribution >= 4 is 5.91 Å². The van der Waals surface area contributed by atoms with Gasteiger partial charge in [-0.3, -0.25) is 4.79 Å². The van der Waals surface area contributed by atoms with Crippen LogP contribution in [0.1, 0.15) is 42.8 Å². The Balaban J connectivity index is 1.63. The van der Waals surface area contributed by atoms with Crippen LogP contribution in [-0.2, 0) is 0 Å². The van der Waals surface area contributed by atoms with Crippen molar-refractivity contribution < 1.29 is 9.21 Å². The van der Waals surface area contributed by atoms with Crippen LogP contribution in [0.3, 0.4) is 0 Å². The highest BCUT2D eigenvalue weighted by Gasteiger charge is 2.28. The van der Waals surface area contributed by atoms with E-state index in [4.69, 9.17) is 4.42 Å². The maximum atomic E-state index is 11.9. The molecule has 3 atom stereocenters. The molecule has 1 saturated heterocycles. The van der Waals surface area contributed by atoms with Crippen LogP contribution in [0.15, 0.2) is 16.7 Å². The number of nitrogens with zero attached hydrogens (tertiary/aromatic N) is 1. The Morgan fingerprint density at radius 2 is 2.18 bits per heavy atom. The van der Waals surface area contributed by atoms with Gasteiger partial charge in [0.05, 0.1) is 6.26 Å². The largest absolute Gasteiger partial charge is 0.459 e. The summed E-state index contributed by atoms with van der Waals surface area (Å²) in [6.45, 7) is 9.22. The molecule has 0 aliphatic carbocycles. The van der Waals surface area contributed by atoms with Gasteiger partial charge in [0.1, 0.15) is 0 Å². The molecule has 2 N–H and O–H groups in total. The average Bonchev–Trinajstić information content (AvgIpc) is 2.90. The minimum Gasteiger partial charge on any atom is -0.459 e. The van der Waals surface area contributed by atoms with Gasteiger partial charge in [0.15, 0.2) is 5.76 Å². The summed E-state index contributed by atoms with van der Waals surface area (Å²) in [6, 6.07) is 3.02. The fraction of sp³-hybridized carbons (Fsp3) is 0.706. The van der Waals surface area contributed by atoms with Gasteiger partial charge >= 0.3 is 0 Å². The third-order valence-corrected chi connectivity index (χ3v) is 4.72. The standard InChI is InChI=1S/C17H29N3O2/c1-12-6-9-22-16(12)17(21)19-8-5-7-18-15-10-14(3)20(4)11-13(15)2/h6,9,13-15,18H,5,7-8,10-11H2,1-4H3,(H,19,21)/t13-,14+,15-/m1/s1. The molecular formula is C17H29N3O2. The van der Waals surface area contributed by atoms with Crippen molar-refractivity contribution in [3.05, 3.63) is 23.7 Å². The molecule has 1 amide bonds. The Bertz CT molecular complexity index is 486. The zero-order valence-electron chi connectivity index (χ0n) is 14.2. The van der Waals surface area contributed by atoms with Gasteiger partial charge in [0.25, 0.3) is 5.91 Å². The predicted molar refractivity (Wildman–Crippen MR) is 88.1 cm³/mol. The van der Waals surface area contributed by atoms with Crippen LogP contribution in [0.5, 0.6) is 0 Å². The van der Waals surface area contributed by atoms with E-state index < -0.39 is 0 Å². The lowest BCUT2D eigenvalue weighted by molar-refractivity contribution is 0.0923. The average molecular weight is 307 g/mol. The lowest BCUT2D eigenvalue weighted by Gasteiger charge is -2.40. The van der Waals surface area contributed by atoms with E-state index in [2.05, 4.69) is 36.4 Å². The summed E-state index contributed by atoms with van der Waals surface area (Å²) in [5, 5.41) is 6.55. The molecule has 22 heavy (non-hydrogen) atoms. The molecule has 1 aliphatic heterocycles. The number of aryl methyl sites for hydroxylation is 1. The first-order valence-corrected chi connectivity index (χ1v) is 8.25. The van der Waals surface area contributed by atoms with Crippen molar-refractivity contribution in [3.8, 4) is 0 Å². The minimum atomic E-state index is -0.121. The minimum absolute atomic E-state index is 0.121. The van der Waals surface area contributed by atoms with Gasteiger partial charge < -0.3 is 20.0 Å². The molecule has 5 nitrogen and oxygen atoms in total. The number of carbonyl (C=O) groups is 1.